The molecule has 64 valence electrons. The number of amidine groups is 1. The summed E-state index contributed by atoms with van der Waals surface area (Å²) in [4.78, 5) is 7.99. The topological polar surface area (TPSA) is 57.2 Å². The molecule has 0 fully saturated rings. The van der Waals surface area contributed by atoms with Gasteiger partial charge in [0.25, 0.3) is 0 Å². The van der Waals surface area contributed by atoms with Crippen LogP contribution in [0.15, 0.2) is 22.4 Å². The quantitative estimate of drug-likeness (QED) is 0.574. The molecule has 5 nitrogen and oxygen atoms in total. The number of rotatable bonds is 0. The van der Waals surface area contributed by atoms with Gasteiger partial charge in [0.15, 0.2) is 17.3 Å². The van der Waals surface area contributed by atoms with Gasteiger partial charge < -0.3 is 0 Å². The molecule has 2 heterocycles. The fourth-order valence-electron chi connectivity index (χ4n) is 1.09. The summed E-state index contributed by atoms with van der Waals surface area (Å²) >= 11 is 5.79. The average molecular weight is 186 g/mol. The summed E-state index contributed by atoms with van der Waals surface area (Å²) in [6.45, 7) is 0. The first kappa shape index (κ1) is 7.72. The molecule has 0 aliphatic carbocycles. The predicted molar refractivity (Wildman–Crippen MR) is 47.4 cm³/mol. The highest BCUT2D eigenvalue weighted by atomic mass is 35.5. The number of halogens is 1. The van der Waals surface area contributed by atoms with Gasteiger partial charge in [-0.3, -0.25) is 10.7 Å². The molecule has 2 rings (SSSR count). The van der Waals surface area contributed by atoms with Crippen molar-refractivity contribution >= 4 is 22.6 Å². The molecule has 0 aromatic heterocycles. The summed E-state index contributed by atoms with van der Waals surface area (Å²) in [5, 5.41) is 3.90. The molecule has 0 spiro atoms. The molecule has 6 heteroatoms. The van der Waals surface area contributed by atoms with Gasteiger partial charge in [0, 0.05) is 19.4 Å². The van der Waals surface area contributed by atoms with Gasteiger partial charge in [-0.1, -0.05) is 11.6 Å². The SMILES string of the molecule is CN1C(N)N=C2C(Cl)=NC=CN21. The maximum atomic E-state index is 5.79. The van der Waals surface area contributed by atoms with Crippen LogP contribution in [-0.4, -0.2) is 34.4 Å². The fourth-order valence-corrected chi connectivity index (χ4v) is 1.28. The van der Waals surface area contributed by atoms with E-state index < -0.39 is 0 Å². The van der Waals surface area contributed by atoms with E-state index >= 15 is 0 Å². The molecular formula is C6H8ClN5. The van der Waals surface area contributed by atoms with Crippen LogP contribution in [0.1, 0.15) is 0 Å². The Bertz CT molecular complexity index is 294. The first-order valence-electron chi connectivity index (χ1n) is 3.46. The normalized spacial score (nSPS) is 28.6. The summed E-state index contributed by atoms with van der Waals surface area (Å²) in [6.07, 6.45) is 3.00. The number of nitrogens with zero attached hydrogens (tertiary/aromatic N) is 4. The van der Waals surface area contributed by atoms with Crippen LogP contribution in [0.5, 0.6) is 0 Å². The van der Waals surface area contributed by atoms with Crippen LogP contribution in [0.25, 0.3) is 0 Å². The van der Waals surface area contributed by atoms with E-state index in [0.29, 0.717) is 11.0 Å². The minimum Gasteiger partial charge on any atom is -0.296 e. The van der Waals surface area contributed by atoms with Crippen molar-refractivity contribution in [1.29, 1.82) is 0 Å². The van der Waals surface area contributed by atoms with Crippen LogP contribution in [-0.2, 0) is 0 Å². The van der Waals surface area contributed by atoms with E-state index in [1.165, 1.54) is 0 Å². The number of fused-ring (bicyclic) bond motifs is 1. The van der Waals surface area contributed by atoms with Crippen molar-refractivity contribution in [3.63, 3.8) is 0 Å². The molecule has 2 aliphatic heterocycles. The second-order valence-corrected chi connectivity index (χ2v) is 2.86. The summed E-state index contributed by atoms with van der Waals surface area (Å²) in [5.74, 6) is 0.606. The molecular weight excluding hydrogens is 178 g/mol. The maximum absolute atomic E-state index is 5.79. The minimum atomic E-state index is -0.369. The zero-order valence-electron chi connectivity index (χ0n) is 6.48. The smallest absolute Gasteiger partial charge is 0.183 e. The lowest BCUT2D eigenvalue weighted by molar-refractivity contribution is 0.107. The van der Waals surface area contributed by atoms with Crippen molar-refractivity contribution in [2.75, 3.05) is 7.05 Å². The van der Waals surface area contributed by atoms with Crippen LogP contribution in [0, 0.1) is 0 Å². The third-order valence-corrected chi connectivity index (χ3v) is 2.04. The van der Waals surface area contributed by atoms with Crippen molar-refractivity contribution in [2.24, 2.45) is 15.7 Å². The van der Waals surface area contributed by atoms with E-state index in [9.17, 15) is 0 Å². The molecule has 2 N–H and O–H groups in total. The first-order valence-corrected chi connectivity index (χ1v) is 3.83. The fraction of sp³-hybridized carbons (Fsp3) is 0.333. The van der Waals surface area contributed by atoms with E-state index in [-0.39, 0.29) is 6.29 Å². The van der Waals surface area contributed by atoms with E-state index in [4.69, 9.17) is 17.3 Å². The summed E-state index contributed by atoms with van der Waals surface area (Å²) in [5.41, 5.74) is 5.65. The van der Waals surface area contributed by atoms with E-state index in [1.807, 2.05) is 7.05 Å². The number of hydrogen-bond acceptors (Lipinski definition) is 5. The summed E-state index contributed by atoms with van der Waals surface area (Å²) in [7, 11) is 1.83. The Balaban J connectivity index is 2.38. The highest BCUT2D eigenvalue weighted by Crippen LogP contribution is 2.16. The lowest BCUT2D eigenvalue weighted by Crippen LogP contribution is -2.43. The number of nitrogens with two attached hydrogens (primary N) is 1. The van der Waals surface area contributed by atoms with Crippen LogP contribution in [0.2, 0.25) is 0 Å². The molecule has 0 aromatic carbocycles. The van der Waals surface area contributed by atoms with Gasteiger partial charge in [0.1, 0.15) is 0 Å². The predicted octanol–water partition coefficient (Wildman–Crippen LogP) is -0.0883. The molecule has 0 saturated carbocycles. The summed E-state index contributed by atoms with van der Waals surface area (Å²) < 4.78 is 0. The van der Waals surface area contributed by atoms with Crippen molar-refractivity contribution in [1.82, 2.24) is 10.0 Å². The number of hydrazine groups is 1. The number of hydrogen-bond donors (Lipinski definition) is 1. The van der Waals surface area contributed by atoms with Crippen molar-refractivity contribution in [3.05, 3.63) is 12.4 Å². The van der Waals surface area contributed by atoms with Gasteiger partial charge in [-0.2, -0.15) is 5.01 Å². The molecule has 0 saturated heterocycles. The van der Waals surface area contributed by atoms with Gasteiger partial charge in [-0.15, -0.1) is 0 Å². The summed E-state index contributed by atoms with van der Waals surface area (Å²) in [6, 6.07) is 0. The van der Waals surface area contributed by atoms with Crippen LogP contribution < -0.4 is 5.73 Å². The maximum Gasteiger partial charge on any atom is 0.183 e. The molecule has 12 heavy (non-hydrogen) atoms. The van der Waals surface area contributed by atoms with Gasteiger partial charge >= 0.3 is 0 Å². The second-order valence-electron chi connectivity index (χ2n) is 2.50. The van der Waals surface area contributed by atoms with Crippen molar-refractivity contribution in [3.8, 4) is 0 Å². The van der Waals surface area contributed by atoms with Gasteiger partial charge in [-0.05, 0) is 0 Å². The van der Waals surface area contributed by atoms with E-state index in [0.717, 1.165) is 0 Å². The van der Waals surface area contributed by atoms with E-state index in [1.54, 1.807) is 22.4 Å². The molecule has 1 atom stereocenters. The van der Waals surface area contributed by atoms with Gasteiger partial charge in [0.05, 0.1) is 0 Å². The molecule has 1 unspecified atom stereocenters. The van der Waals surface area contributed by atoms with Crippen LogP contribution >= 0.6 is 11.6 Å². The molecule has 0 radical (unpaired) electrons. The van der Waals surface area contributed by atoms with Crippen molar-refractivity contribution < 1.29 is 0 Å². The molecule has 2 aliphatic rings. The number of aliphatic imine (C=N–C) groups is 2. The standard InChI is InChI=1S/C6H8ClN5/c1-11-6(8)10-5-4(7)9-2-3-12(5)11/h2-3,6H,8H2,1H3. The zero-order chi connectivity index (χ0) is 8.72. The molecule has 0 amide bonds. The highest BCUT2D eigenvalue weighted by molar-refractivity contribution is 6.83. The molecule has 0 bridgehead atoms. The van der Waals surface area contributed by atoms with Gasteiger partial charge in [-0.25, -0.2) is 9.98 Å². The Morgan fingerprint density at radius 3 is 3.08 bits per heavy atom. The average Bonchev–Trinajstić information content (AvgIpc) is 2.32. The van der Waals surface area contributed by atoms with E-state index in [2.05, 4.69) is 9.98 Å². The highest BCUT2D eigenvalue weighted by Gasteiger charge is 2.30. The zero-order valence-corrected chi connectivity index (χ0v) is 7.23. The third kappa shape index (κ3) is 0.945. The largest absolute Gasteiger partial charge is 0.296 e. The monoisotopic (exact) mass is 185 g/mol. The Labute approximate surface area is 74.8 Å². The lowest BCUT2D eigenvalue weighted by atomic mass is 10.5. The minimum absolute atomic E-state index is 0.369. The Morgan fingerprint density at radius 1 is 1.67 bits per heavy atom. The second kappa shape index (κ2) is 2.55. The lowest BCUT2D eigenvalue weighted by Gasteiger charge is -2.25. The van der Waals surface area contributed by atoms with Crippen LogP contribution in [0.3, 0.4) is 0 Å². The Morgan fingerprint density at radius 2 is 2.42 bits per heavy atom. The van der Waals surface area contributed by atoms with Crippen LogP contribution in [0.4, 0.5) is 0 Å². The van der Waals surface area contributed by atoms with Crippen molar-refractivity contribution in [2.45, 2.75) is 6.29 Å². The Kier molecular flexibility index (Phi) is 1.64. The Hall–Kier alpha value is -0.910. The van der Waals surface area contributed by atoms with Gasteiger partial charge in [0.2, 0.25) is 0 Å². The third-order valence-electron chi connectivity index (χ3n) is 1.77. The molecule has 0 aromatic rings. The first-order chi connectivity index (χ1) is 5.70.